The average Bonchev–Trinajstić information content (AvgIpc) is 2.56. The molecule has 1 heterocycles. The molecule has 0 unspecified atom stereocenters. The van der Waals surface area contributed by atoms with Gasteiger partial charge in [0.15, 0.2) is 8.32 Å². The molecule has 1 N–H and O–H groups in total. The van der Waals surface area contributed by atoms with Gasteiger partial charge in [0.1, 0.15) is 5.69 Å². The molecule has 0 atom stereocenters. The Hall–Kier alpha value is -1.24. The lowest BCUT2D eigenvalue weighted by molar-refractivity contribution is 0.0594. The number of aromatic nitrogens is 1. The smallest absolute Gasteiger partial charge is 0.356 e. The fraction of sp³-hybridized carbons (Fsp3) is 0.684. The maximum Gasteiger partial charge on any atom is 0.356 e. The Morgan fingerprint density at radius 1 is 1.12 bits per heavy atom. The van der Waals surface area contributed by atoms with Gasteiger partial charge in [-0.05, 0) is 28.3 Å². The summed E-state index contributed by atoms with van der Waals surface area (Å²) in [5.41, 5.74) is 3.16. The number of carbonyl (C=O) groups excluding carboxylic acids is 1. The number of ether oxygens (including phenoxy) is 1. The van der Waals surface area contributed by atoms with Crippen LogP contribution in [-0.4, -0.2) is 39.5 Å². The normalized spacial score (nSPS) is 12.2. The molecular formula is C19H34N2O3Si. The third kappa shape index (κ3) is 5.62. The van der Waals surface area contributed by atoms with Crippen molar-refractivity contribution >= 4 is 14.3 Å². The summed E-state index contributed by atoms with van der Waals surface area (Å²) in [6.07, 6.45) is 1.70. The van der Waals surface area contributed by atoms with Gasteiger partial charge in [0.05, 0.1) is 7.11 Å². The van der Waals surface area contributed by atoms with Crippen LogP contribution in [0.25, 0.3) is 0 Å². The molecule has 0 aromatic carbocycles. The van der Waals surface area contributed by atoms with Crippen molar-refractivity contribution in [3.8, 4) is 0 Å². The molecule has 0 radical (unpaired) electrons. The van der Waals surface area contributed by atoms with Crippen molar-refractivity contribution in [2.24, 2.45) is 0 Å². The Morgan fingerprint density at radius 3 is 2.16 bits per heavy atom. The third-order valence-corrected chi connectivity index (χ3v) is 11.0. The Bertz CT molecular complexity index is 508. The zero-order chi connectivity index (χ0) is 19.0. The molecule has 25 heavy (non-hydrogen) atoms. The maximum atomic E-state index is 11.4. The fourth-order valence-corrected chi connectivity index (χ4v) is 9.24. The zero-order valence-electron chi connectivity index (χ0n) is 16.8. The van der Waals surface area contributed by atoms with Gasteiger partial charge in [-0.3, -0.25) is 0 Å². The molecule has 0 aliphatic rings. The first kappa shape index (κ1) is 21.8. The van der Waals surface area contributed by atoms with Gasteiger partial charge in [-0.15, -0.1) is 0 Å². The van der Waals surface area contributed by atoms with Crippen molar-refractivity contribution in [3.63, 3.8) is 0 Å². The van der Waals surface area contributed by atoms with E-state index in [9.17, 15) is 4.79 Å². The van der Waals surface area contributed by atoms with Crippen LogP contribution in [0.15, 0.2) is 18.3 Å². The summed E-state index contributed by atoms with van der Waals surface area (Å²) in [6, 6.07) is 3.58. The molecule has 0 saturated carbocycles. The van der Waals surface area contributed by atoms with Gasteiger partial charge in [-0.25, -0.2) is 9.78 Å². The second-order valence-corrected chi connectivity index (χ2v) is 12.8. The molecular weight excluding hydrogens is 332 g/mol. The Kier molecular flexibility index (Phi) is 8.75. The lowest BCUT2D eigenvalue weighted by Crippen LogP contribution is -2.48. The SMILES string of the molecule is COC(=O)c1ccc(CNCCO[Si](C(C)C)(C(C)C)C(C)C)cn1. The van der Waals surface area contributed by atoms with Gasteiger partial charge < -0.3 is 14.5 Å². The number of rotatable bonds is 10. The highest BCUT2D eigenvalue weighted by molar-refractivity contribution is 6.77. The highest BCUT2D eigenvalue weighted by atomic mass is 28.4. The van der Waals surface area contributed by atoms with E-state index in [1.165, 1.54) is 7.11 Å². The second kappa shape index (κ2) is 10.0. The number of hydrogen-bond acceptors (Lipinski definition) is 5. The topological polar surface area (TPSA) is 60.5 Å². The Morgan fingerprint density at radius 2 is 1.72 bits per heavy atom. The van der Waals surface area contributed by atoms with E-state index < -0.39 is 14.3 Å². The van der Waals surface area contributed by atoms with Crippen molar-refractivity contribution in [2.75, 3.05) is 20.3 Å². The van der Waals surface area contributed by atoms with E-state index in [0.29, 0.717) is 28.9 Å². The lowest BCUT2D eigenvalue weighted by atomic mass is 10.2. The molecule has 0 bridgehead atoms. The average molecular weight is 367 g/mol. The number of esters is 1. The van der Waals surface area contributed by atoms with Gasteiger partial charge in [-0.1, -0.05) is 47.6 Å². The molecule has 0 aliphatic heterocycles. The largest absolute Gasteiger partial charge is 0.464 e. The molecule has 1 aromatic heterocycles. The molecule has 0 aliphatic carbocycles. The Labute approximate surface area is 153 Å². The minimum absolute atomic E-state index is 0.330. The molecule has 0 spiro atoms. The van der Waals surface area contributed by atoms with Crippen LogP contribution >= 0.6 is 0 Å². The van der Waals surface area contributed by atoms with Crippen LogP contribution in [0.1, 0.15) is 57.6 Å². The molecule has 142 valence electrons. The van der Waals surface area contributed by atoms with Gasteiger partial charge in [0.2, 0.25) is 0 Å². The zero-order valence-corrected chi connectivity index (χ0v) is 17.8. The van der Waals surface area contributed by atoms with Crippen LogP contribution in [0.4, 0.5) is 0 Å². The van der Waals surface area contributed by atoms with Crippen molar-refractivity contribution in [1.29, 1.82) is 0 Å². The quantitative estimate of drug-likeness (QED) is 0.383. The number of hydrogen-bond donors (Lipinski definition) is 1. The molecule has 1 rings (SSSR count). The molecule has 1 aromatic rings. The van der Waals surface area contributed by atoms with E-state index in [0.717, 1.165) is 18.7 Å². The molecule has 0 fully saturated rings. The van der Waals surface area contributed by atoms with Crippen molar-refractivity contribution in [3.05, 3.63) is 29.6 Å². The predicted molar refractivity (Wildman–Crippen MR) is 104 cm³/mol. The van der Waals surface area contributed by atoms with Crippen LogP contribution in [0.3, 0.4) is 0 Å². The van der Waals surface area contributed by atoms with Crippen LogP contribution in [0.5, 0.6) is 0 Å². The van der Waals surface area contributed by atoms with Crippen molar-refractivity contribution in [1.82, 2.24) is 10.3 Å². The van der Waals surface area contributed by atoms with Crippen molar-refractivity contribution in [2.45, 2.75) is 64.7 Å². The van der Waals surface area contributed by atoms with E-state index in [1.54, 1.807) is 12.3 Å². The summed E-state index contributed by atoms with van der Waals surface area (Å²) in [7, 11) is -0.429. The first-order valence-corrected chi connectivity index (χ1v) is 11.3. The van der Waals surface area contributed by atoms with Gasteiger partial charge in [-0.2, -0.15) is 0 Å². The molecule has 0 saturated heterocycles. The fourth-order valence-electron chi connectivity index (χ4n) is 3.79. The number of nitrogens with one attached hydrogen (secondary N) is 1. The summed E-state index contributed by atoms with van der Waals surface area (Å²) in [5, 5.41) is 3.39. The summed E-state index contributed by atoms with van der Waals surface area (Å²) < 4.78 is 11.2. The van der Waals surface area contributed by atoms with E-state index in [-0.39, 0.29) is 0 Å². The van der Waals surface area contributed by atoms with E-state index in [2.05, 4.69) is 56.6 Å². The second-order valence-electron chi connectivity index (χ2n) is 7.39. The minimum atomic E-state index is -1.78. The Balaban J connectivity index is 2.48. The number of nitrogens with zero attached hydrogens (tertiary/aromatic N) is 1. The third-order valence-electron chi connectivity index (χ3n) is 4.89. The highest BCUT2D eigenvalue weighted by Crippen LogP contribution is 2.41. The van der Waals surface area contributed by atoms with Crippen LogP contribution in [0, 0.1) is 0 Å². The van der Waals surface area contributed by atoms with Crippen LogP contribution < -0.4 is 5.32 Å². The number of methoxy groups -OCH3 is 1. The standard InChI is InChI=1S/C19H34N2O3Si/c1-14(2)25(15(3)4,16(5)6)24-11-10-20-12-17-8-9-18(21-13-17)19(22)23-7/h8-9,13-16,20H,10-12H2,1-7H3. The predicted octanol–water partition coefficient (Wildman–Crippen LogP) is 4.15. The van der Waals surface area contributed by atoms with Crippen LogP contribution in [-0.2, 0) is 15.7 Å². The minimum Gasteiger partial charge on any atom is -0.464 e. The number of carbonyl (C=O) groups is 1. The van der Waals surface area contributed by atoms with Gasteiger partial charge >= 0.3 is 5.97 Å². The van der Waals surface area contributed by atoms with Gasteiger partial charge in [0.25, 0.3) is 0 Å². The van der Waals surface area contributed by atoms with E-state index >= 15 is 0 Å². The molecule has 5 nitrogen and oxygen atoms in total. The summed E-state index contributed by atoms with van der Waals surface area (Å²) in [4.78, 5) is 15.5. The maximum absolute atomic E-state index is 11.4. The lowest BCUT2D eigenvalue weighted by Gasteiger charge is -2.42. The number of pyridine rings is 1. The highest BCUT2D eigenvalue weighted by Gasteiger charge is 2.44. The first-order valence-electron chi connectivity index (χ1n) is 9.13. The van der Waals surface area contributed by atoms with Crippen LogP contribution in [0.2, 0.25) is 16.6 Å². The van der Waals surface area contributed by atoms with E-state index in [1.807, 2.05) is 6.07 Å². The van der Waals surface area contributed by atoms with Crippen molar-refractivity contribution < 1.29 is 14.0 Å². The first-order chi connectivity index (χ1) is 11.8. The summed E-state index contributed by atoms with van der Waals surface area (Å²) in [5.74, 6) is -0.412. The summed E-state index contributed by atoms with van der Waals surface area (Å²) >= 11 is 0. The molecule has 6 heteroatoms. The van der Waals surface area contributed by atoms with Gasteiger partial charge in [0, 0.05) is 25.9 Å². The molecule has 0 amide bonds. The summed E-state index contributed by atoms with van der Waals surface area (Å²) in [6.45, 7) is 16.0. The monoisotopic (exact) mass is 366 g/mol. The van der Waals surface area contributed by atoms with E-state index in [4.69, 9.17) is 4.43 Å².